The number of carbonyl (C=O) groups is 1. The number of hydrogen-bond acceptors (Lipinski definition) is 5. The summed E-state index contributed by atoms with van der Waals surface area (Å²) in [4.78, 5) is 13.8. The van der Waals surface area contributed by atoms with Crippen LogP contribution in [0.25, 0.3) is 0 Å². The molecule has 0 aliphatic carbocycles. The first-order valence-electron chi connectivity index (χ1n) is 5.98. The minimum atomic E-state index is -0.107. The number of ether oxygens (including phenoxy) is 3. The molecule has 1 aromatic carbocycles. The van der Waals surface area contributed by atoms with Crippen LogP contribution in [0.5, 0.6) is 17.2 Å². The lowest BCUT2D eigenvalue weighted by Crippen LogP contribution is -2.16. The maximum absolute atomic E-state index is 12.0. The smallest absolute Gasteiger partial charge is 0.203 e. The Balaban J connectivity index is 2.34. The molecule has 0 saturated heterocycles. The van der Waals surface area contributed by atoms with E-state index in [0.29, 0.717) is 36.0 Å². The summed E-state index contributed by atoms with van der Waals surface area (Å²) >= 11 is 0. The van der Waals surface area contributed by atoms with Crippen molar-refractivity contribution in [3.8, 4) is 17.2 Å². The first-order chi connectivity index (χ1) is 9.11. The van der Waals surface area contributed by atoms with Crippen LogP contribution in [0.1, 0.15) is 10.4 Å². The molecule has 19 heavy (non-hydrogen) atoms. The van der Waals surface area contributed by atoms with Crippen LogP contribution in [0.15, 0.2) is 24.4 Å². The first kappa shape index (κ1) is 13.3. The average molecular weight is 263 g/mol. The van der Waals surface area contributed by atoms with Gasteiger partial charge in [-0.15, -0.1) is 0 Å². The topological polar surface area (TPSA) is 48.0 Å². The number of methoxy groups -OCH3 is 1. The third-order valence-corrected chi connectivity index (χ3v) is 2.64. The highest BCUT2D eigenvalue weighted by molar-refractivity contribution is 6.05. The van der Waals surface area contributed by atoms with E-state index in [2.05, 4.69) is 0 Å². The number of benzene rings is 1. The molecule has 102 valence electrons. The van der Waals surface area contributed by atoms with Crippen molar-refractivity contribution >= 4 is 5.78 Å². The molecule has 1 heterocycles. The molecule has 0 spiro atoms. The van der Waals surface area contributed by atoms with Gasteiger partial charge in [0.25, 0.3) is 0 Å². The lowest BCUT2D eigenvalue weighted by Gasteiger charge is -2.21. The van der Waals surface area contributed by atoms with E-state index in [4.69, 9.17) is 14.2 Å². The van der Waals surface area contributed by atoms with Crippen molar-refractivity contribution in [1.29, 1.82) is 0 Å². The number of allylic oxidation sites excluding steroid dienone is 1. The van der Waals surface area contributed by atoms with Gasteiger partial charge in [-0.1, -0.05) is 0 Å². The van der Waals surface area contributed by atoms with Crippen LogP contribution in [0.2, 0.25) is 0 Å². The van der Waals surface area contributed by atoms with Crippen LogP contribution in [-0.2, 0) is 0 Å². The molecule has 0 amide bonds. The highest BCUT2D eigenvalue weighted by Crippen LogP contribution is 2.40. The molecule has 0 radical (unpaired) electrons. The van der Waals surface area contributed by atoms with E-state index in [1.165, 1.54) is 13.2 Å². The van der Waals surface area contributed by atoms with Crippen LogP contribution in [0.3, 0.4) is 0 Å². The highest BCUT2D eigenvalue weighted by atomic mass is 16.6. The molecule has 0 saturated carbocycles. The zero-order chi connectivity index (χ0) is 13.8. The van der Waals surface area contributed by atoms with Crippen molar-refractivity contribution in [2.24, 2.45) is 0 Å². The molecule has 0 bridgehead atoms. The van der Waals surface area contributed by atoms with Gasteiger partial charge >= 0.3 is 0 Å². The normalized spacial score (nSPS) is 13.4. The SMILES string of the molecule is COc1cc(C(=O)C=CN(C)C)cc2c1OCCO2. The molecule has 1 aliphatic heterocycles. The molecule has 5 heteroatoms. The van der Waals surface area contributed by atoms with Gasteiger partial charge in [0.15, 0.2) is 17.3 Å². The van der Waals surface area contributed by atoms with E-state index in [9.17, 15) is 4.79 Å². The average Bonchev–Trinajstić information content (AvgIpc) is 2.43. The Morgan fingerprint density at radius 1 is 1.32 bits per heavy atom. The van der Waals surface area contributed by atoms with E-state index in [0.717, 1.165) is 0 Å². The zero-order valence-electron chi connectivity index (χ0n) is 11.3. The van der Waals surface area contributed by atoms with E-state index in [1.54, 1.807) is 23.2 Å². The van der Waals surface area contributed by atoms with Gasteiger partial charge in [-0.3, -0.25) is 4.79 Å². The molecule has 0 unspecified atom stereocenters. The van der Waals surface area contributed by atoms with Crippen molar-refractivity contribution in [2.75, 3.05) is 34.4 Å². The fourth-order valence-electron chi connectivity index (χ4n) is 1.73. The molecule has 1 aliphatic rings. The molecular weight excluding hydrogens is 246 g/mol. The summed E-state index contributed by atoms with van der Waals surface area (Å²) < 4.78 is 16.2. The predicted octanol–water partition coefficient (Wildman–Crippen LogP) is 1.72. The third-order valence-electron chi connectivity index (χ3n) is 2.64. The van der Waals surface area contributed by atoms with Gasteiger partial charge in [0.1, 0.15) is 13.2 Å². The molecule has 0 aromatic heterocycles. The molecule has 1 aromatic rings. The van der Waals surface area contributed by atoms with Gasteiger partial charge in [-0.25, -0.2) is 0 Å². The highest BCUT2D eigenvalue weighted by Gasteiger charge is 2.20. The van der Waals surface area contributed by atoms with Crippen molar-refractivity contribution in [1.82, 2.24) is 4.90 Å². The van der Waals surface area contributed by atoms with Crippen molar-refractivity contribution < 1.29 is 19.0 Å². The Bertz CT molecular complexity index is 491. The fraction of sp³-hybridized carbons (Fsp3) is 0.357. The van der Waals surface area contributed by atoms with Crippen LogP contribution < -0.4 is 14.2 Å². The second-order valence-electron chi connectivity index (χ2n) is 4.35. The van der Waals surface area contributed by atoms with E-state index < -0.39 is 0 Å². The van der Waals surface area contributed by atoms with Crippen molar-refractivity contribution in [3.05, 3.63) is 30.0 Å². The Morgan fingerprint density at radius 2 is 2.05 bits per heavy atom. The van der Waals surface area contributed by atoms with Crippen molar-refractivity contribution in [2.45, 2.75) is 0 Å². The summed E-state index contributed by atoms with van der Waals surface area (Å²) in [5.41, 5.74) is 0.513. The Labute approximate surface area is 112 Å². The summed E-state index contributed by atoms with van der Waals surface area (Å²) in [6, 6.07) is 3.34. The van der Waals surface area contributed by atoms with Gasteiger partial charge in [0.2, 0.25) is 5.75 Å². The summed E-state index contributed by atoms with van der Waals surface area (Å²) in [6.45, 7) is 0.957. The van der Waals surface area contributed by atoms with E-state index >= 15 is 0 Å². The number of ketones is 1. The number of hydrogen-bond donors (Lipinski definition) is 0. The maximum atomic E-state index is 12.0. The van der Waals surface area contributed by atoms with Crippen LogP contribution >= 0.6 is 0 Å². The Kier molecular flexibility index (Phi) is 3.94. The number of rotatable bonds is 4. The minimum Gasteiger partial charge on any atom is -0.493 e. The largest absolute Gasteiger partial charge is 0.493 e. The molecule has 0 fully saturated rings. The zero-order valence-corrected chi connectivity index (χ0v) is 11.3. The molecule has 0 N–H and O–H groups in total. The predicted molar refractivity (Wildman–Crippen MR) is 71.1 cm³/mol. The molecule has 5 nitrogen and oxygen atoms in total. The first-order valence-corrected chi connectivity index (χ1v) is 5.98. The third kappa shape index (κ3) is 2.99. The second-order valence-corrected chi connectivity index (χ2v) is 4.35. The quantitative estimate of drug-likeness (QED) is 0.611. The monoisotopic (exact) mass is 263 g/mol. The van der Waals surface area contributed by atoms with Gasteiger partial charge in [0, 0.05) is 31.9 Å². The molecular formula is C14H17NO4. The summed E-state index contributed by atoms with van der Waals surface area (Å²) in [5.74, 6) is 1.51. The van der Waals surface area contributed by atoms with Crippen LogP contribution in [0.4, 0.5) is 0 Å². The van der Waals surface area contributed by atoms with Gasteiger partial charge in [0.05, 0.1) is 7.11 Å². The van der Waals surface area contributed by atoms with Crippen LogP contribution in [-0.4, -0.2) is 45.1 Å². The second kappa shape index (κ2) is 5.65. The number of nitrogens with zero attached hydrogens (tertiary/aromatic N) is 1. The van der Waals surface area contributed by atoms with E-state index in [1.807, 2.05) is 14.1 Å². The lowest BCUT2D eigenvalue weighted by atomic mass is 10.1. The Hall–Kier alpha value is -2.17. The van der Waals surface area contributed by atoms with Gasteiger partial charge in [-0.05, 0) is 12.1 Å². The Morgan fingerprint density at radius 3 is 2.74 bits per heavy atom. The number of carbonyl (C=O) groups excluding carboxylic acids is 1. The van der Waals surface area contributed by atoms with Gasteiger partial charge < -0.3 is 19.1 Å². The maximum Gasteiger partial charge on any atom is 0.203 e. The van der Waals surface area contributed by atoms with Crippen molar-refractivity contribution in [3.63, 3.8) is 0 Å². The fourth-order valence-corrected chi connectivity index (χ4v) is 1.73. The molecule has 2 rings (SSSR count). The standard InChI is InChI=1S/C14H17NO4/c1-15(2)5-4-11(16)10-8-12(17-3)14-13(9-10)18-6-7-19-14/h4-5,8-9H,6-7H2,1-3H3. The number of fused-ring (bicyclic) bond motifs is 1. The molecule has 0 atom stereocenters. The summed E-state index contributed by atoms with van der Waals surface area (Å²) in [5, 5.41) is 0. The van der Waals surface area contributed by atoms with Crippen LogP contribution in [0, 0.1) is 0 Å². The lowest BCUT2D eigenvalue weighted by molar-refractivity contribution is 0.104. The minimum absolute atomic E-state index is 0.107. The van der Waals surface area contributed by atoms with Gasteiger partial charge in [-0.2, -0.15) is 0 Å². The van der Waals surface area contributed by atoms with E-state index in [-0.39, 0.29) is 5.78 Å². The summed E-state index contributed by atoms with van der Waals surface area (Å²) in [6.07, 6.45) is 3.20. The summed E-state index contributed by atoms with van der Waals surface area (Å²) in [7, 11) is 5.25.